The molecule has 0 aliphatic carbocycles. The third kappa shape index (κ3) is 13.5. The summed E-state index contributed by atoms with van der Waals surface area (Å²) >= 11 is 0. The summed E-state index contributed by atoms with van der Waals surface area (Å²) in [6.07, 6.45) is 1.08. The van der Waals surface area contributed by atoms with E-state index in [0.717, 1.165) is 6.42 Å². The van der Waals surface area contributed by atoms with Crippen LogP contribution in [0.5, 0.6) is 0 Å². The highest BCUT2D eigenvalue weighted by Gasteiger charge is 2.34. The molecule has 1 amide bonds. The molecule has 26 heavy (non-hydrogen) atoms. The van der Waals surface area contributed by atoms with Gasteiger partial charge in [0.05, 0.1) is 38.1 Å². The van der Waals surface area contributed by atoms with Gasteiger partial charge in [0.2, 0.25) is 5.91 Å². The Hall–Kier alpha value is -0.690. The predicted molar refractivity (Wildman–Crippen MR) is 104 cm³/mol. The summed E-state index contributed by atoms with van der Waals surface area (Å²) in [5.41, 5.74) is -0.739. The minimum absolute atomic E-state index is 0.0273. The van der Waals surface area contributed by atoms with E-state index < -0.39 is 5.54 Å². The highest BCUT2D eigenvalue weighted by atomic mass is 16.5. The molecule has 0 saturated heterocycles. The van der Waals surface area contributed by atoms with Crippen LogP contribution in [0.1, 0.15) is 61.8 Å². The maximum Gasteiger partial charge on any atom is 0.246 e. The van der Waals surface area contributed by atoms with Crippen molar-refractivity contribution in [1.29, 1.82) is 0 Å². The molecule has 0 aromatic rings. The van der Waals surface area contributed by atoms with Crippen LogP contribution in [-0.2, 0) is 23.7 Å². The van der Waals surface area contributed by atoms with E-state index in [1.54, 1.807) is 0 Å². The summed E-state index contributed by atoms with van der Waals surface area (Å²) in [5.74, 6) is 0.372. The zero-order valence-corrected chi connectivity index (χ0v) is 18.1. The average Bonchev–Trinajstić information content (AvgIpc) is 2.52. The monoisotopic (exact) mass is 375 g/mol. The number of hydrogen-bond acceptors (Lipinski definition) is 5. The first-order valence-corrected chi connectivity index (χ1v) is 9.80. The number of carbonyl (C=O) groups is 1. The quantitative estimate of drug-likeness (QED) is 0.445. The summed E-state index contributed by atoms with van der Waals surface area (Å²) < 4.78 is 22.9. The van der Waals surface area contributed by atoms with E-state index in [-0.39, 0.29) is 30.8 Å². The normalized spacial score (nSPS) is 12.6. The average molecular weight is 376 g/mol. The van der Waals surface area contributed by atoms with Gasteiger partial charge in [0.15, 0.2) is 0 Å². The largest absolute Gasteiger partial charge is 0.376 e. The van der Waals surface area contributed by atoms with Crippen LogP contribution in [0, 0.1) is 5.92 Å². The van der Waals surface area contributed by atoms with Gasteiger partial charge in [0.1, 0.15) is 12.1 Å². The van der Waals surface area contributed by atoms with Crippen molar-refractivity contribution >= 4 is 5.91 Å². The van der Waals surface area contributed by atoms with Gasteiger partial charge in [0, 0.05) is 6.61 Å². The Morgan fingerprint density at radius 2 is 1.23 bits per heavy atom. The van der Waals surface area contributed by atoms with Crippen molar-refractivity contribution in [2.24, 2.45) is 5.92 Å². The smallest absolute Gasteiger partial charge is 0.246 e. The maximum absolute atomic E-state index is 12.4. The van der Waals surface area contributed by atoms with Gasteiger partial charge >= 0.3 is 0 Å². The van der Waals surface area contributed by atoms with Crippen molar-refractivity contribution in [2.45, 2.75) is 85.7 Å². The number of hydrogen-bond donors (Lipinski definition) is 1. The van der Waals surface area contributed by atoms with Crippen LogP contribution in [-0.4, -0.2) is 62.8 Å². The van der Waals surface area contributed by atoms with Crippen LogP contribution in [0.4, 0.5) is 0 Å². The Kier molecular flexibility index (Phi) is 13.1. The molecule has 1 N–H and O–H groups in total. The lowest BCUT2D eigenvalue weighted by Crippen LogP contribution is -2.60. The fourth-order valence-corrected chi connectivity index (χ4v) is 2.03. The van der Waals surface area contributed by atoms with Crippen LogP contribution in [0.15, 0.2) is 0 Å². The summed E-state index contributed by atoms with van der Waals surface area (Å²) in [4.78, 5) is 12.4. The van der Waals surface area contributed by atoms with Gasteiger partial charge in [-0.1, -0.05) is 13.8 Å². The molecule has 0 aliphatic rings. The molecule has 6 heteroatoms. The molecule has 156 valence electrons. The first-order valence-electron chi connectivity index (χ1n) is 9.80. The van der Waals surface area contributed by atoms with Crippen LogP contribution in [0.2, 0.25) is 0 Å². The molecule has 0 rings (SSSR count). The zero-order chi connectivity index (χ0) is 20.2. The van der Waals surface area contributed by atoms with Crippen molar-refractivity contribution < 1.29 is 23.7 Å². The minimum Gasteiger partial charge on any atom is -0.376 e. The predicted octanol–water partition coefficient (Wildman–Crippen LogP) is 3.18. The highest BCUT2D eigenvalue weighted by Crippen LogP contribution is 2.13. The van der Waals surface area contributed by atoms with Gasteiger partial charge in [-0.25, -0.2) is 0 Å². The second-order valence-electron chi connectivity index (χ2n) is 8.14. The van der Waals surface area contributed by atoms with Gasteiger partial charge in [-0.15, -0.1) is 0 Å². The standard InChI is InChI=1S/C20H41NO5/c1-15(2)9-10-23-11-19(22)21-20(12-24-16(3)4,13-25-17(5)6)14-26-18(7)8/h15-18H,9-14H2,1-8H3,(H,21,22). The highest BCUT2D eigenvalue weighted by molar-refractivity contribution is 5.78. The topological polar surface area (TPSA) is 66.0 Å². The number of rotatable bonds is 15. The molecule has 0 saturated carbocycles. The third-order valence-electron chi connectivity index (χ3n) is 3.56. The molecule has 0 aliphatic heterocycles. The summed E-state index contributed by atoms with van der Waals surface area (Å²) in [6.45, 7) is 17.6. The first kappa shape index (κ1) is 25.3. The summed E-state index contributed by atoms with van der Waals surface area (Å²) in [5, 5.41) is 3.05. The number of amides is 1. The molecule has 0 fully saturated rings. The number of ether oxygens (including phenoxy) is 4. The fraction of sp³-hybridized carbons (Fsp3) is 0.950. The summed E-state index contributed by atoms with van der Waals surface area (Å²) in [6, 6.07) is 0. The third-order valence-corrected chi connectivity index (χ3v) is 3.56. The van der Waals surface area contributed by atoms with E-state index in [0.29, 0.717) is 32.3 Å². The number of nitrogens with one attached hydrogen (secondary N) is 1. The van der Waals surface area contributed by atoms with E-state index in [1.807, 2.05) is 41.5 Å². The molecule has 0 radical (unpaired) electrons. The van der Waals surface area contributed by atoms with E-state index >= 15 is 0 Å². The van der Waals surface area contributed by atoms with Gasteiger partial charge < -0.3 is 24.3 Å². The van der Waals surface area contributed by atoms with E-state index in [2.05, 4.69) is 19.2 Å². The zero-order valence-electron chi connectivity index (χ0n) is 18.1. The Morgan fingerprint density at radius 1 is 0.808 bits per heavy atom. The lowest BCUT2D eigenvalue weighted by atomic mass is 10.0. The first-order chi connectivity index (χ1) is 12.1. The lowest BCUT2D eigenvalue weighted by Gasteiger charge is -2.36. The van der Waals surface area contributed by atoms with Gasteiger partial charge in [-0.05, 0) is 53.9 Å². The van der Waals surface area contributed by atoms with Crippen LogP contribution >= 0.6 is 0 Å². The minimum atomic E-state index is -0.739. The molecular formula is C20H41NO5. The Bertz CT molecular complexity index is 338. The second kappa shape index (κ2) is 13.5. The van der Waals surface area contributed by atoms with Crippen molar-refractivity contribution in [3.05, 3.63) is 0 Å². The van der Waals surface area contributed by atoms with Crippen LogP contribution < -0.4 is 5.32 Å². The van der Waals surface area contributed by atoms with Crippen LogP contribution in [0.3, 0.4) is 0 Å². The second-order valence-corrected chi connectivity index (χ2v) is 8.14. The van der Waals surface area contributed by atoms with Gasteiger partial charge in [-0.2, -0.15) is 0 Å². The van der Waals surface area contributed by atoms with Crippen molar-refractivity contribution in [1.82, 2.24) is 5.32 Å². The molecule has 0 aromatic carbocycles. The lowest BCUT2D eigenvalue weighted by molar-refractivity contribution is -0.134. The molecule has 0 atom stereocenters. The Balaban J connectivity index is 4.93. The van der Waals surface area contributed by atoms with Crippen LogP contribution in [0.25, 0.3) is 0 Å². The Labute approximate surface area is 160 Å². The van der Waals surface area contributed by atoms with Crippen molar-refractivity contribution in [2.75, 3.05) is 33.0 Å². The molecule has 6 nitrogen and oxygen atoms in total. The van der Waals surface area contributed by atoms with E-state index in [1.165, 1.54) is 0 Å². The van der Waals surface area contributed by atoms with Crippen molar-refractivity contribution in [3.63, 3.8) is 0 Å². The molecule has 0 bridgehead atoms. The number of carbonyl (C=O) groups excluding carboxylic acids is 1. The summed E-state index contributed by atoms with van der Waals surface area (Å²) in [7, 11) is 0. The molecule has 0 heterocycles. The molecular weight excluding hydrogens is 334 g/mol. The van der Waals surface area contributed by atoms with E-state index in [9.17, 15) is 4.79 Å². The molecule has 0 unspecified atom stereocenters. The van der Waals surface area contributed by atoms with Crippen molar-refractivity contribution in [3.8, 4) is 0 Å². The van der Waals surface area contributed by atoms with Gasteiger partial charge in [-0.3, -0.25) is 4.79 Å². The molecule has 0 aromatic heterocycles. The maximum atomic E-state index is 12.4. The fourth-order valence-electron chi connectivity index (χ4n) is 2.03. The molecule has 0 spiro atoms. The van der Waals surface area contributed by atoms with Gasteiger partial charge in [0.25, 0.3) is 0 Å². The van der Waals surface area contributed by atoms with E-state index in [4.69, 9.17) is 18.9 Å². The Morgan fingerprint density at radius 3 is 1.58 bits per heavy atom. The SMILES string of the molecule is CC(C)CCOCC(=O)NC(COC(C)C)(COC(C)C)COC(C)C.